The second kappa shape index (κ2) is 4.92. The van der Waals surface area contributed by atoms with E-state index in [1.165, 1.54) is 6.33 Å². The molecule has 5 nitrogen and oxygen atoms in total. The topological polar surface area (TPSA) is 66.0 Å². The van der Waals surface area contributed by atoms with E-state index >= 15 is 0 Å². The summed E-state index contributed by atoms with van der Waals surface area (Å²) in [5.74, 6) is 0.680. The molecule has 0 unspecified atom stereocenters. The molecule has 0 fully saturated rings. The zero-order valence-corrected chi connectivity index (χ0v) is 10.1. The van der Waals surface area contributed by atoms with Crippen molar-refractivity contribution in [2.24, 2.45) is 5.73 Å². The van der Waals surface area contributed by atoms with E-state index in [9.17, 15) is 0 Å². The second-order valence-corrected chi connectivity index (χ2v) is 3.93. The van der Waals surface area contributed by atoms with Crippen LogP contribution in [-0.4, -0.2) is 26.9 Å². The third kappa shape index (κ3) is 2.59. The number of aromatic nitrogens is 3. The van der Waals surface area contributed by atoms with Crippen LogP contribution >= 0.6 is 12.2 Å². The first-order valence-corrected chi connectivity index (χ1v) is 5.40. The predicted molar refractivity (Wildman–Crippen MR) is 68.0 cm³/mol. The Kier molecular flexibility index (Phi) is 3.34. The van der Waals surface area contributed by atoms with Crippen LogP contribution in [0, 0.1) is 0 Å². The van der Waals surface area contributed by atoms with Gasteiger partial charge in [-0.2, -0.15) is 5.10 Å². The van der Waals surface area contributed by atoms with Gasteiger partial charge in [-0.1, -0.05) is 18.3 Å². The molecule has 0 saturated carbocycles. The highest BCUT2D eigenvalue weighted by Crippen LogP contribution is 2.20. The smallest absolute Gasteiger partial charge is 0.137 e. The van der Waals surface area contributed by atoms with Crippen molar-refractivity contribution in [1.82, 2.24) is 14.8 Å². The molecule has 1 aromatic heterocycles. The van der Waals surface area contributed by atoms with E-state index in [-0.39, 0.29) is 0 Å². The van der Waals surface area contributed by atoms with E-state index in [0.29, 0.717) is 17.3 Å². The minimum absolute atomic E-state index is 0.322. The highest BCUT2D eigenvalue weighted by Gasteiger charge is 2.07. The zero-order valence-electron chi connectivity index (χ0n) is 9.33. The average Bonchev–Trinajstić information content (AvgIpc) is 2.81. The molecular weight excluding hydrogens is 236 g/mol. The van der Waals surface area contributed by atoms with E-state index < -0.39 is 0 Å². The largest absolute Gasteiger partial charge is 0.496 e. The Hall–Kier alpha value is -1.95. The van der Waals surface area contributed by atoms with Gasteiger partial charge in [-0.25, -0.2) is 9.67 Å². The van der Waals surface area contributed by atoms with Crippen LogP contribution < -0.4 is 10.5 Å². The average molecular weight is 248 g/mol. The van der Waals surface area contributed by atoms with Gasteiger partial charge >= 0.3 is 0 Å². The van der Waals surface area contributed by atoms with Crippen molar-refractivity contribution in [3.63, 3.8) is 0 Å². The molecule has 0 radical (unpaired) electrons. The minimum Gasteiger partial charge on any atom is -0.496 e. The normalized spacial score (nSPS) is 10.2. The van der Waals surface area contributed by atoms with E-state index in [1.807, 2.05) is 18.2 Å². The second-order valence-electron chi connectivity index (χ2n) is 3.49. The molecule has 17 heavy (non-hydrogen) atoms. The Morgan fingerprint density at radius 3 is 2.94 bits per heavy atom. The zero-order chi connectivity index (χ0) is 12.3. The lowest BCUT2D eigenvalue weighted by Gasteiger charge is -2.09. The fraction of sp³-hybridized carbons (Fsp3) is 0.182. The standard InChI is InChI=1S/C11H12N4OS/c1-16-10-3-2-8(4-9(10)11(12)17)5-15-7-13-6-14-15/h2-4,6-7H,5H2,1H3,(H2,12,17). The quantitative estimate of drug-likeness (QED) is 0.817. The molecule has 0 aliphatic carbocycles. The van der Waals surface area contributed by atoms with Crippen molar-refractivity contribution >= 4 is 17.2 Å². The number of rotatable bonds is 4. The van der Waals surface area contributed by atoms with Crippen molar-refractivity contribution in [2.45, 2.75) is 6.54 Å². The monoisotopic (exact) mass is 248 g/mol. The van der Waals surface area contributed by atoms with Gasteiger partial charge in [0.1, 0.15) is 23.4 Å². The molecule has 0 saturated heterocycles. The van der Waals surface area contributed by atoms with Crippen molar-refractivity contribution in [2.75, 3.05) is 7.11 Å². The number of thiocarbonyl (C=S) groups is 1. The maximum Gasteiger partial charge on any atom is 0.137 e. The van der Waals surface area contributed by atoms with Crippen molar-refractivity contribution in [3.05, 3.63) is 42.0 Å². The van der Waals surface area contributed by atoms with E-state index in [2.05, 4.69) is 10.1 Å². The van der Waals surface area contributed by atoms with Gasteiger partial charge in [-0.3, -0.25) is 0 Å². The van der Waals surface area contributed by atoms with E-state index in [0.717, 1.165) is 11.1 Å². The van der Waals surface area contributed by atoms with E-state index in [4.69, 9.17) is 22.7 Å². The SMILES string of the molecule is COc1ccc(Cn2cncn2)cc1C(N)=S. The van der Waals surface area contributed by atoms with Crippen LogP contribution in [0.5, 0.6) is 5.75 Å². The first kappa shape index (κ1) is 11.5. The highest BCUT2D eigenvalue weighted by atomic mass is 32.1. The Balaban J connectivity index is 2.30. The summed E-state index contributed by atoms with van der Waals surface area (Å²) in [7, 11) is 1.59. The Morgan fingerprint density at radius 2 is 2.35 bits per heavy atom. The number of ether oxygens (including phenoxy) is 1. The van der Waals surface area contributed by atoms with Gasteiger partial charge in [0, 0.05) is 0 Å². The summed E-state index contributed by atoms with van der Waals surface area (Å²) in [5.41, 5.74) is 7.43. The first-order valence-electron chi connectivity index (χ1n) is 5.00. The predicted octanol–water partition coefficient (Wildman–Crippen LogP) is 0.969. The number of nitrogens with zero attached hydrogens (tertiary/aromatic N) is 3. The summed E-state index contributed by atoms with van der Waals surface area (Å²) >= 11 is 4.99. The molecule has 0 spiro atoms. The maximum atomic E-state index is 5.65. The number of methoxy groups -OCH3 is 1. The molecule has 1 heterocycles. The van der Waals surface area contributed by atoms with Crippen molar-refractivity contribution in [1.29, 1.82) is 0 Å². The van der Waals surface area contributed by atoms with Gasteiger partial charge in [0.05, 0.1) is 19.2 Å². The fourth-order valence-corrected chi connectivity index (χ4v) is 1.71. The van der Waals surface area contributed by atoms with Gasteiger partial charge in [0.25, 0.3) is 0 Å². The lowest BCUT2D eigenvalue weighted by Crippen LogP contribution is -2.12. The molecule has 0 aliphatic heterocycles. The number of hydrogen-bond acceptors (Lipinski definition) is 4. The molecule has 0 atom stereocenters. The summed E-state index contributed by atoms with van der Waals surface area (Å²) in [4.78, 5) is 4.21. The third-order valence-corrected chi connectivity index (χ3v) is 2.56. The molecule has 2 aromatic rings. The van der Waals surface area contributed by atoms with Gasteiger partial charge < -0.3 is 10.5 Å². The molecule has 0 amide bonds. The molecule has 2 N–H and O–H groups in total. The fourth-order valence-electron chi connectivity index (χ4n) is 1.55. The Labute approximate surface area is 104 Å². The molecule has 6 heteroatoms. The summed E-state index contributed by atoms with van der Waals surface area (Å²) in [6.07, 6.45) is 3.16. The van der Waals surface area contributed by atoms with Gasteiger partial charge in [0.2, 0.25) is 0 Å². The molecular formula is C11H12N4OS. The highest BCUT2D eigenvalue weighted by molar-refractivity contribution is 7.80. The third-order valence-electron chi connectivity index (χ3n) is 2.34. The van der Waals surface area contributed by atoms with Crippen LogP contribution in [-0.2, 0) is 6.54 Å². The van der Waals surface area contributed by atoms with Crippen LogP contribution in [0.2, 0.25) is 0 Å². The Bertz CT molecular complexity index is 524. The summed E-state index contributed by atoms with van der Waals surface area (Å²) in [6, 6.07) is 5.70. The molecule has 88 valence electrons. The van der Waals surface area contributed by atoms with Gasteiger partial charge in [-0.15, -0.1) is 0 Å². The molecule has 1 aromatic carbocycles. The van der Waals surface area contributed by atoms with Crippen molar-refractivity contribution in [3.8, 4) is 5.75 Å². The Morgan fingerprint density at radius 1 is 1.53 bits per heavy atom. The summed E-state index contributed by atoms with van der Waals surface area (Å²) in [6.45, 7) is 0.625. The number of benzene rings is 1. The molecule has 0 aliphatic rings. The number of nitrogens with two attached hydrogens (primary N) is 1. The van der Waals surface area contributed by atoms with Gasteiger partial charge in [-0.05, 0) is 17.7 Å². The van der Waals surface area contributed by atoms with Crippen LogP contribution in [0.25, 0.3) is 0 Å². The first-order chi connectivity index (χ1) is 8.20. The van der Waals surface area contributed by atoms with Crippen LogP contribution in [0.4, 0.5) is 0 Å². The molecule has 2 rings (SSSR count). The van der Waals surface area contributed by atoms with Gasteiger partial charge in [0.15, 0.2) is 0 Å². The number of hydrogen-bond donors (Lipinski definition) is 1. The van der Waals surface area contributed by atoms with Crippen LogP contribution in [0.15, 0.2) is 30.9 Å². The van der Waals surface area contributed by atoms with E-state index in [1.54, 1.807) is 18.1 Å². The lowest BCUT2D eigenvalue weighted by molar-refractivity contribution is 0.414. The van der Waals surface area contributed by atoms with Crippen molar-refractivity contribution < 1.29 is 4.74 Å². The maximum absolute atomic E-state index is 5.65. The van der Waals surface area contributed by atoms with Crippen LogP contribution in [0.1, 0.15) is 11.1 Å². The minimum atomic E-state index is 0.322. The molecule has 0 bridgehead atoms. The summed E-state index contributed by atoms with van der Waals surface area (Å²) < 4.78 is 6.92. The van der Waals surface area contributed by atoms with Crippen LogP contribution in [0.3, 0.4) is 0 Å². The lowest BCUT2D eigenvalue weighted by atomic mass is 10.1. The summed E-state index contributed by atoms with van der Waals surface area (Å²) in [5, 5.41) is 4.04.